The number of hydrogen-bond acceptors (Lipinski definition) is 4. The van der Waals surface area contributed by atoms with Gasteiger partial charge in [-0.3, -0.25) is 0 Å². The second-order valence-corrected chi connectivity index (χ2v) is 6.26. The molecule has 25 heavy (non-hydrogen) atoms. The lowest BCUT2D eigenvalue weighted by atomic mass is 10.0. The van der Waals surface area contributed by atoms with Crippen molar-refractivity contribution in [2.45, 2.75) is 26.9 Å². The SMILES string of the molecule is COc1ccc(-c2cc(C(=O)OC(C)C)c3cc(C)ccc3n2)cc1. The van der Waals surface area contributed by atoms with Crippen LogP contribution < -0.4 is 4.74 Å². The van der Waals surface area contributed by atoms with Gasteiger partial charge in [0.1, 0.15) is 5.75 Å². The summed E-state index contributed by atoms with van der Waals surface area (Å²) in [5, 5.41) is 0.808. The van der Waals surface area contributed by atoms with Crippen molar-refractivity contribution < 1.29 is 14.3 Å². The maximum Gasteiger partial charge on any atom is 0.339 e. The molecule has 0 saturated carbocycles. The monoisotopic (exact) mass is 335 g/mol. The zero-order chi connectivity index (χ0) is 18.0. The predicted octanol–water partition coefficient (Wildman–Crippen LogP) is 4.78. The van der Waals surface area contributed by atoms with E-state index in [9.17, 15) is 4.79 Å². The summed E-state index contributed by atoms with van der Waals surface area (Å²) < 4.78 is 10.6. The highest BCUT2D eigenvalue weighted by atomic mass is 16.5. The number of carbonyl (C=O) groups excluding carboxylic acids is 1. The molecule has 0 aliphatic carbocycles. The Kier molecular flexibility index (Phi) is 4.70. The molecule has 0 amide bonds. The van der Waals surface area contributed by atoms with E-state index in [1.165, 1.54) is 0 Å². The molecule has 0 aliphatic heterocycles. The third-order valence-corrected chi connectivity index (χ3v) is 3.91. The summed E-state index contributed by atoms with van der Waals surface area (Å²) in [7, 11) is 1.63. The van der Waals surface area contributed by atoms with Crippen LogP contribution in [0, 0.1) is 6.92 Å². The van der Waals surface area contributed by atoms with Gasteiger partial charge in [0, 0.05) is 10.9 Å². The van der Waals surface area contributed by atoms with E-state index in [-0.39, 0.29) is 12.1 Å². The number of methoxy groups -OCH3 is 1. The number of carbonyl (C=O) groups is 1. The van der Waals surface area contributed by atoms with Crippen LogP contribution in [-0.2, 0) is 4.74 Å². The van der Waals surface area contributed by atoms with Crippen LogP contribution in [0.4, 0.5) is 0 Å². The van der Waals surface area contributed by atoms with Crippen molar-refractivity contribution in [2.24, 2.45) is 0 Å². The lowest BCUT2D eigenvalue weighted by Crippen LogP contribution is -2.12. The van der Waals surface area contributed by atoms with Gasteiger partial charge in [0.2, 0.25) is 0 Å². The van der Waals surface area contributed by atoms with E-state index in [1.54, 1.807) is 13.2 Å². The summed E-state index contributed by atoms with van der Waals surface area (Å²) in [6.45, 7) is 5.68. The van der Waals surface area contributed by atoms with E-state index >= 15 is 0 Å². The van der Waals surface area contributed by atoms with E-state index in [0.717, 1.165) is 33.5 Å². The minimum absolute atomic E-state index is 0.176. The summed E-state index contributed by atoms with van der Waals surface area (Å²) in [5.74, 6) is 0.447. The number of pyridine rings is 1. The number of ether oxygens (including phenoxy) is 2. The molecule has 0 bridgehead atoms. The molecule has 3 rings (SSSR count). The van der Waals surface area contributed by atoms with Crippen LogP contribution in [0.5, 0.6) is 5.75 Å². The molecule has 0 aliphatic rings. The summed E-state index contributed by atoms with van der Waals surface area (Å²) in [5.41, 5.74) is 4.03. The summed E-state index contributed by atoms with van der Waals surface area (Å²) in [4.78, 5) is 17.3. The fraction of sp³-hybridized carbons (Fsp3) is 0.238. The van der Waals surface area contributed by atoms with Gasteiger partial charge in [-0.05, 0) is 63.2 Å². The van der Waals surface area contributed by atoms with Gasteiger partial charge >= 0.3 is 5.97 Å². The Balaban J connectivity index is 2.16. The molecule has 1 heterocycles. The van der Waals surface area contributed by atoms with E-state index < -0.39 is 0 Å². The molecule has 0 unspecified atom stereocenters. The molecule has 0 atom stereocenters. The van der Waals surface area contributed by atoms with E-state index in [1.807, 2.05) is 63.2 Å². The number of fused-ring (bicyclic) bond motifs is 1. The molecule has 0 saturated heterocycles. The number of nitrogens with zero attached hydrogens (tertiary/aromatic N) is 1. The molecule has 2 aromatic carbocycles. The van der Waals surface area contributed by atoms with Gasteiger partial charge in [0.25, 0.3) is 0 Å². The van der Waals surface area contributed by atoms with Crippen LogP contribution in [0.3, 0.4) is 0 Å². The zero-order valence-corrected chi connectivity index (χ0v) is 14.9. The van der Waals surface area contributed by atoms with Gasteiger partial charge in [-0.25, -0.2) is 9.78 Å². The van der Waals surface area contributed by atoms with Crippen molar-refractivity contribution in [3.63, 3.8) is 0 Å². The second-order valence-electron chi connectivity index (χ2n) is 6.26. The van der Waals surface area contributed by atoms with Crippen LogP contribution in [0.2, 0.25) is 0 Å². The Morgan fingerprint density at radius 3 is 2.40 bits per heavy atom. The first-order valence-corrected chi connectivity index (χ1v) is 8.24. The van der Waals surface area contributed by atoms with Crippen LogP contribution >= 0.6 is 0 Å². The lowest BCUT2D eigenvalue weighted by Gasteiger charge is -2.12. The maximum absolute atomic E-state index is 12.6. The van der Waals surface area contributed by atoms with Crippen molar-refractivity contribution in [3.05, 3.63) is 59.7 Å². The predicted molar refractivity (Wildman–Crippen MR) is 99.0 cm³/mol. The molecule has 0 N–H and O–H groups in total. The Labute approximate surface area is 147 Å². The molecule has 4 heteroatoms. The first-order chi connectivity index (χ1) is 12.0. The average molecular weight is 335 g/mol. The van der Waals surface area contributed by atoms with Gasteiger partial charge in [0.15, 0.2) is 0 Å². The van der Waals surface area contributed by atoms with Crippen molar-refractivity contribution in [3.8, 4) is 17.0 Å². The van der Waals surface area contributed by atoms with Crippen molar-refractivity contribution >= 4 is 16.9 Å². The minimum atomic E-state index is -0.331. The van der Waals surface area contributed by atoms with Crippen molar-refractivity contribution in [2.75, 3.05) is 7.11 Å². The second kappa shape index (κ2) is 6.93. The fourth-order valence-corrected chi connectivity index (χ4v) is 2.70. The fourth-order valence-electron chi connectivity index (χ4n) is 2.70. The van der Waals surface area contributed by atoms with Crippen LogP contribution in [-0.4, -0.2) is 24.2 Å². The first-order valence-electron chi connectivity index (χ1n) is 8.24. The third-order valence-electron chi connectivity index (χ3n) is 3.91. The molecule has 3 aromatic rings. The Morgan fingerprint density at radius 1 is 1.04 bits per heavy atom. The standard InChI is InChI=1S/C21H21NO3/c1-13(2)25-21(23)18-12-20(15-6-8-16(24-4)9-7-15)22-19-10-5-14(3)11-17(18)19/h5-13H,1-4H3. The molecular formula is C21H21NO3. The molecule has 1 aromatic heterocycles. The van der Waals surface area contributed by atoms with E-state index in [2.05, 4.69) is 0 Å². The van der Waals surface area contributed by atoms with Gasteiger partial charge in [-0.2, -0.15) is 0 Å². The third kappa shape index (κ3) is 3.63. The quantitative estimate of drug-likeness (QED) is 0.644. The number of esters is 1. The van der Waals surface area contributed by atoms with Crippen molar-refractivity contribution in [1.82, 2.24) is 4.98 Å². The molecule has 0 radical (unpaired) electrons. The number of aromatic nitrogens is 1. The summed E-state index contributed by atoms with van der Waals surface area (Å²) in [6.07, 6.45) is -0.176. The van der Waals surface area contributed by atoms with Gasteiger partial charge in [-0.1, -0.05) is 11.6 Å². The maximum atomic E-state index is 12.6. The van der Waals surface area contributed by atoms with Crippen LogP contribution in [0.15, 0.2) is 48.5 Å². The first kappa shape index (κ1) is 17.0. The summed E-state index contributed by atoms with van der Waals surface area (Å²) in [6, 6.07) is 15.3. The van der Waals surface area contributed by atoms with Gasteiger partial charge < -0.3 is 9.47 Å². The van der Waals surface area contributed by atoms with Crippen LogP contribution in [0.25, 0.3) is 22.2 Å². The normalized spacial score (nSPS) is 10.9. The lowest BCUT2D eigenvalue weighted by molar-refractivity contribution is 0.0380. The van der Waals surface area contributed by atoms with Crippen molar-refractivity contribution in [1.29, 1.82) is 0 Å². The van der Waals surface area contributed by atoms with Gasteiger partial charge in [0.05, 0.1) is 30.0 Å². The average Bonchev–Trinajstić information content (AvgIpc) is 2.60. The number of aryl methyl sites for hydroxylation is 1. The zero-order valence-electron chi connectivity index (χ0n) is 14.9. The molecule has 0 spiro atoms. The molecule has 4 nitrogen and oxygen atoms in total. The highest BCUT2D eigenvalue weighted by molar-refractivity contribution is 6.04. The Bertz CT molecular complexity index is 914. The largest absolute Gasteiger partial charge is 0.497 e. The van der Waals surface area contributed by atoms with E-state index in [4.69, 9.17) is 14.5 Å². The number of hydrogen-bond donors (Lipinski definition) is 0. The minimum Gasteiger partial charge on any atom is -0.497 e. The summed E-state index contributed by atoms with van der Waals surface area (Å²) >= 11 is 0. The van der Waals surface area contributed by atoms with Gasteiger partial charge in [-0.15, -0.1) is 0 Å². The molecule has 0 fully saturated rings. The highest BCUT2D eigenvalue weighted by Crippen LogP contribution is 2.27. The Hall–Kier alpha value is -2.88. The number of rotatable bonds is 4. The Morgan fingerprint density at radius 2 is 1.76 bits per heavy atom. The molecular weight excluding hydrogens is 314 g/mol. The number of benzene rings is 2. The smallest absolute Gasteiger partial charge is 0.339 e. The highest BCUT2D eigenvalue weighted by Gasteiger charge is 2.16. The topological polar surface area (TPSA) is 48.4 Å². The van der Waals surface area contributed by atoms with E-state index in [0.29, 0.717) is 5.56 Å². The van der Waals surface area contributed by atoms with Crippen LogP contribution in [0.1, 0.15) is 29.8 Å². The molecule has 128 valence electrons.